The molecule has 0 radical (unpaired) electrons. The van der Waals surface area contributed by atoms with Crippen molar-refractivity contribution in [2.75, 3.05) is 13.2 Å². The van der Waals surface area contributed by atoms with Crippen molar-refractivity contribution in [1.82, 2.24) is 5.32 Å². The Bertz CT molecular complexity index is 185. The van der Waals surface area contributed by atoms with Crippen molar-refractivity contribution < 1.29 is 4.74 Å². The van der Waals surface area contributed by atoms with Crippen molar-refractivity contribution in [2.45, 2.75) is 70.4 Å². The second-order valence-electron chi connectivity index (χ2n) is 5.42. The summed E-state index contributed by atoms with van der Waals surface area (Å²) in [7, 11) is 0. The topological polar surface area (TPSA) is 21.3 Å². The Morgan fingerprint density at radius 1 is 1.25 bits per heavy atom. The molecule has 0 amide bonds. The Labute approximate surface area is 100 Å². The molecule has 0 spiro atoms. The summed E-state index contributed by atoms with van der Waals surface area (Å²) in [6.07, 6.45) is 11.5. The normalized spacial score (nSPS) is 27.9. The highest BCUT2D eigenvalue weighted by Crippen LogP contribution is 2.32. The first-order chi connectivity index (χ1) is 7.90. The zero-order valence-electron chi connectivity index (χ0n) is 10.7. The minimum Gasteiger partial charge on any atom is -0.378 e. The molecule has 0 aromatic rings. The predicted octanol–water partition coefficient (Wildman–Crippen LogP) is 3.11. The van der Waals surface area contributed by atoms with Gasteiger partial charge in [0, 0.05) is 12.6 Å². The maximum atomic E-state index is 5.68. The van der Waals surface area contributed by atoms with E-state index in [4.69, 9.17) is 4.74 Å². The van der Waals surface area contributed by atoms with Crippen LogP contribution in [0.4, 0.5) is 0 Å². The van der Waals surface area contributed by atoms with Gasteiger partial charge in [0.25, 0.3) is 0 Å². The van der Waals surface area contributed by atoms with Crippen LogP contribution >= 0.6 is 0 Å². The molecule has 1 aliphatic carbocycles. The van der Waals surface area contributed by atoms with Gasteiger partial charge in [0.2, 0.25) is 0 Å². The molecule has 1 heterocycles. The average molecular weight is 225 g/mol. The van der Waals surface area contributed by atoms with Crippen molar-refractivity contribution in [3.63, 3.8) is 0 Å². The van der Waals surface area contributed by atoms with Crippen molar-refractivity contribution in [3.05, 3.63) is 0 Å². The Morgan fingerprint density at radius 2 is 2.12 bits per heavy atom. The van der Waals surface area contributed by atoms with E-state index in [0.717, 1.165) is 25.1 Å². The molecule has 1 saturated heterocycles. The second-order valence-corrected chi connectivity index (χ2v) is 5.42. The van der Waals surface area contributed by atoms with Gasteiger partial charge in [0.1, 0.15) is 0 Å². The number of ether oxygens (including phenoxy) is 1. The van der Waals surface area contributed by atoms with Crippen LogP contribution in [0.2, 0.25) is 0 Å². The van der Waals surface area contributed by atoms with Gasteiger partial charge in [-0.3, -0.25) is 0 Å². The van der Waals surface area contributed by atoms with Crippen molar-refractivity contribution >= 4 is 0 Å². The molecule has 2 atom stereocenters. The van der Waals surface area contributed by atoms with E-state index in [1.165, 1.54) is 51.4 Å². The van der Waals surface area contributed by atoms with Crippen LogP contribution in [0.3, 0.4) is 0 Å². The van der Waals surface area contributed by atoms with E-state index < -0.39 is 0 Å². The lowest BCUT2D eigenvalue weighted by atomic mass is 9.78. The summed E-state index contributed by atoms with van der Waals surface area (Å²) in [5, 5.41) is 3.67. The summed E-state index contributed by atoms with van der Waals surface area (Å²) < 4.78 is 5.68. The fourth-order valence-corrected chi connectivity index (χ4v) is 3.05. The highest BCUT2D eigenvalue weighted by Gasteiger charge is 2.26. The van der Waals surface area contributed by atoms with Gasteiger partial charge in [-0.2, -0.15) is 0 Å². The Morgan fingerprint density at radius 3 is 2.69 bits per heavy atom. The highest BCUT2D eigenvalue weighted by atomic mass is 16.5. The van der Waals surface area contributed by atoms with Crippen LogP contribution in [0.15, 0.2) is 0 Å². The largest absolute Gasteiger partial charge is 0.378 e. The Kier molecular flexibility index (Phi) is 5.11. The third-order valence-corrected chi connectivity index (χ3v) is 4.25. The van der Waals surface area contributed by atoms with Crippen LogP contribution in [-0.2, 0) is 4.74 Å². The first kappa shape index (κ1) is 12.4. The standard InChI is InChI=1S/C14H27NO/c1-2-15-14(12-6-3-7-12)10-4-8-13-9-5-11-16-13/h12-15H,2-11H2,1H3. The zero-order valence-corrected chi connectivity index (χ0v) is 10.7. The second kappa shape index (κ2) is 6.61. The van der Waals surface area contributed by atoms with Crippen LogP contribution < -0.4 is 5.32 Å². The molecule has 0 aromatic carbocycles. The van der Waals surface area contributed by atoms with Gasteiger partial charge in [-0.05, 0) is 57.4 Å². The first-order valence-corrected chi connectivity index (χ1v) is 7.25. The lowest BCUT2D eigenvalue weighted by molar-refractivity contribution is 0.0992. The molecule has 0 aromatic heterocycles. The molecule has 2 unspecified atom stereocenters. The summed E-state index contributed by atoms with van der Waals surface area (Å²) >= 11 is 0. The molecule has 2 aliphatic rings. The smallest absolute Gasteiger partial charge is 0.0576 e. The van der Waals surface area contributed by atoms with Gasteiger partial charge in [-0.15, -0.1) is 0 Å². The van der Waals surface area contributed by atoms with Crippen LogP contribution in [0, 0.1) is 5.92 Å². The van der Waals surface area contributed by atoms with Crippen LogP contribution in [0.5, 0.6) is 0 Å². The number of rotatable bonds is 7. The minimum absolute atomic E-state index is 0.587. The molecule has 0 bridgehead atoms. The predicted molar refractivity (Wildman–Crippen MR) is 67.6 cm³/mol. The van der Waals surface area contributed by atoms with Gasteiger partial charge in [-0.25, -0.2) is 0 Å². The number of hydrogen-bond acceptors (Lipinski definition) is 2. The van der Waals surface area contributed by atoms with E-state index in [-0.39, 0.29) is 0 Å². The van der Waals surface area contributed by atoms with Crippen molar-refractivity contribution in [1.29, 1.82) is 0 Å². The van der Waals surface area contributed by atoms with Crippen LogP contribution in [-0.4, -0.2) is 25.3 Å². The number of nitrogens with one attached hydrogen (secondary N) is 1. The summed E-state index contributed by atoms with van der Waals surface area (Å²) in [4.78, 5) is 0. The molecule has 16 heavy (non-hydrogen) atoms. The minimum atomic E-state index is 0.587. The molecule has 1 saturated carbocycles. The van der Waals surface area contributed by atoms with E-state index in [1.807, 2.05) is 0 Å². The van der Waals surface area contributed by atoms with E-state index in [0.29, 0.717) is 6.10 Å². The molecular formula is C14H27NO. The molecule has 94 valence electrons. The summed E-state index contributed by atoms with van der Waals surface area (Å²) in [5.41, 5.74) is 0. The number of hydrogen-bond donors (Lipinski definition) is 1. The average Bonchev–Trinajstić information content (AvgIpc) is 2.68. The van der Waals surface area contributed by atoms with Crippen LogP contribution in [0.1, 0.15) is 58.3 Å². The summed E-state index contributed by atoms with van der Waals surface area (Å²) in [6, 6.07) is 0.792. The SMILES string of the molecule is CCNC(CCCC1CCCO1)C1CCC1. The molecular weight excluding hydrogens is 198 g/mol. The van der Waals surface area contributed by atoms with Gasteiger partial charge < -0.3 is 10.1 Å². The van der Waals surface area contributed by atoms with E-state index >= 15 is 0 Å². The third kappa shape index (κ3) is 3.46. The van der Waals surface area contributed by atoms with E-state index in [9.17, 15) is 0 Å². The van der Waals surface area contributed by atoms with Gasteiger partial charge in [0.05, 0.1) is 6.10 Å². The van der Waals surface area contributed by atoms with Crippen molar-refractivity contribution in [2.24, 2.45) is 5.92 Å². The summed E-state index contributed by atoms with van der Waals surface area (Å²) in [6.45, 7) is 4.36. The maximum absolute atomic E-state index is 5.68. The van der Waals surface area contributed by atoms with Gasteiger partial charge in [0.15, 0.2) is 0 Å². The monoisotopic (exact) mass is 225 g/mol. The Hall–Kier alpha value is -0.0800. The molecule has 2 fully saturated rings. The van der Waals surface area contributed by atoms with Gasteiger partial charge in [-0.1, -0.05) is 13.3 Å². The van der Waals surface area contributed by atoms with Crippen LogP contribution in [0.25, 0.3) is 0 Å². The quantitative estimate of drug-likeness (QED) is 0.719. The molecule has 2 rings (SSSR count). The van der Waals surface area contributed by atoms with Crippen molar-refractivity contribution in [3.8, 4) is 0 Å². The highest BCUT2D eigenvalue weighted by molar-refractivity contribution is 4.82. The van der Waals surface area contributed by atoms with Gasteiger partial charge >= 0.3 is 0 Å². The fourth-order valence-electron chi connectivity index (χ4n) is 3.05. The molecule has 1 aliphatic heterocycles. The van der Waals surface area contributed by atoms with E-state index in [2.05, 4.69) is 12.2 Å². The third-order valence-electron chi connectivity index (χ3n) is 4.25. The maximum Gasteiger partial charge on any atom is 0.0576 e. The first-order valence-electron chi connectivity index (χ1n) is 7.25. The lowest BCUT2D eigenvalue weighted by Gasteiger charge is -2.34. The molecule has 2 nitrogen and oxygen atoms in total. The zero-order chi connectivity index (χ0) is 11.2. The molecule has 2 heteroatoms. The summed E-state index contributed by atoms with van der Waals surface area (Å²) in [5.74, 6) is 0.976. The lowest BCUT2D eigenvalue weighted by Crippen LogP contribution is -2.39. The molecule has 1 N–H and O–H groups in total. The van der Waals surface area contributed by atoms with E-state index in [1.54, 1.807) is 0 Å². The fraction of sp³-hybridized carbons (Fsp3) is 1.00. The Balaban J connectivity index is 1.60.